The quantitative estimate of drug-likeness (QED) is 0.503. The summed E-state index contributed by atoms with van der Waals surface area (Å²) in [4.78, 5) is 19.5. The van der Waals surface area contributed by atoms with Crippen LogP contribution in [0.4, 0.5) is 8.78 Å². The van der Waals surface area contributed by atoms with Gasteiger partial charge < -0.3 is 14.2 Å². The molecule has 0 aliphatic carbocycles. The number of piperidine rings is 1. The third-order valence-electron chi connectivity index (χ3n) is 6.57. The number of halogens is 2. The predicted octanol–water partition coefficient (Wildman–Crippen LogP) is 5.38. The van der Waals surface area contributed by atoms with Gasteiger partial charge in [0.15, 0.2) is 11.6 Å². The van der Waals surface area contributed by atoms with Crippen LogP contribution in [0, 0.1) is 18.6 Å². The molecule has 0 bridgehead atoms. The summed E-state index contributed by atoms with van der Waals surface area (Å²) >= 11 is 0. The first-order chi connectivity index (χ1) is 15.9. The van der Waals surface area contributed by atoms with E-state index < -0.39 is 11.6 Å². The number of fused-ring (bicyclic) bond motifs is 1. The van der Waals surface area contributed by atoms with Gasteiger partial charge >= 0.3 is 0 Å². The number of hydrogen-bond donors (Lipinski definition) is 0. The second kappa shape index (κ2) is 8.46. The van der Waals surface area contributed by atoms with E-state index in [1.54, 1.807) is 19.5 Å². The third kappa shape index (κ3) is 3.92. The van der Waals surface area contributed by atoms with Crippen molar-refractivity contribution in [2.75, 3.05) is 7.11 Å². The molecule has 2 aromatic carbocycles. The van der Waals surface area contributed by atoms with Crippen LogP contribution in [0.3, 0.4) is 0 Å². The maximum Gasteiger partial charge on any atom is 0.250 e. The molecule has 2 fully saturated rings. The van der Waals surface area contributed by atoms with Gasteiger partial charge in [-0.3, -0.25) is 4.79 Å². The van der Waals surface area contributed by atoms with Gasteiger partial charge in [0.1, 0.15) is 5.75 Å². The predicted molar refractivity (Wildman–Crippen MR) is 121 cm³/mol. The molecule has 0 saturated carbocycles. The Hall–Kier alpha value is -3.48. The maximum absolute atomic E-state index is 13.9. The molecule has 3 aromatic rings. The fourth-order valence-electron chi connectivity index (χ4n) is 5.01. The Morgan fingerprint density at radius 1 is 1.12 bits per heavy atom. The molecule has 0 radical (unpaired) electrons. The van der Waals surface area contributed by atoms with Crippen molar-refractivity contribution in [1.82, 2.24) is 14.5 Å². The Morgan fingerprint density at radius 2 is 1.97 bits per heavy atom. The molecule has 1 amide bonds. The minimum atomic E-state index is -0.877. The second-order valence-electron chi connectivity index (χ2n) is 8.71. The van der Waals surface area contributed by atoms with E-state index in [0.29, 0.717) is 17.7 Å². The Bertz CT molecular complexity index is 1250. The van der Waals surface area contributed by atoms with Gasteiger partial charge in [-0.2, -0.15) is 0 Å². The van der Waals surface area contributed by atoms with Crippen molar-refractivity contribution in [2.24, 2.45) is 0 Å². The van der Waals surface area contributed by atoms with Crippen molar-refractivity contribution in [1.29, 1.82) is 0 Å². The summed E-state index contributed by atoms with van der Waals surface area (Å²) in [7, 11) is 1.62. The highest BCUT2D eigenvalue weighted by Crippen LogP contribution is 2.42. The van der Waals surface area contributed by atoms with E-state index in [4.69, 9.17) is 4.74 Å². The number of benzene rings is 2. The summed E-state index contributed by atoms with van der Waals surface area (Å²) in [6.45, 7) is 1.93. The number of nitrogens with zero attached hydrogens (tertiary/aromatic N) is 3. The van der Waals surface area contributed by atoms with E-state index in [0.717, 1.165) is 47.8 Å². The average molecular weight is 450 g/mol. The summed E-state index contributed by atoms with van der Waals surface area (Å²) < 4.78 is 34.8. The van der Waals surface area contributed by atoms with Crippen LogP contribution in [-0.4, -0.2) is 33.5 Å². The number of rotatable bonds is 4. The van der Waals surface area contributed by atoms with Crippen LogP contribution >= 0.6 is 0 Å². The largest absolute Gasteiger partial charge is 0.495 e. The summed E-state index contributed by atoms with van der Waals surface area (Å²) in [5, 5.41) is 0. The van der Waals surface area contributed by atoms with Gasteiger partial charge in [-0.15, -0.1) is 0 Å². The summed E-state index contributed by atoms with van der Waals surface area (Å²) in [5.41, 5.74) is 4.03. The van der Waals surface area contributed by atoms with Crippen molar-refractivity contribution >= 4 is 12.0 Å². The Balaban J connectivity index is 1.44. The Labute approximate surface area is 191 Å². The first-order valence-corrected chi connectivity index (χ1v) is 11.1. The molecular weight excluding hydrogens is 424 g/mol. The van der Waals surface area contributed by atoms with E-state index in [1.807, 2.05) is 46.9 Å². The Kier molecular flexibility index (Phi) is 5.48. The molecule has 2 aliphatic heterocycles. The van der Waals surface area contributed by atoms with E-state index in [1.165, 1.54) is 6.07 Å². The lowest BCUT2D eigenvalue weighted by atomic mass is 9.91. The molecule has 0 spiro atoms. The number of carbonyl (C=O) groups is 1. The summed E-state index contributed by atoms with van der Waals surface area (Å²) in [6.07, 6.45) is 8.81. The number of carbonyl (C=O) groups excluding carboxylic acids is 1. The van der Waals surface area contributed by atoms with Crippen LogP contribution in [0.1, 0.15) is 48.5 Å². The lowest BCUT2D eigenvalue weighted by Crippen LogP contribution is -2.40. The van der Waals surface area contributed by atoms with Gasteiger partial charge in [0, 0.05) is 17.8 Å². The number of amides is 1. The van der Waals surface area contributed by atoms with Gasteiger partial charge in [0.05, 0.1) is 30.9 Å². The smallest absolute Gasteiger partial charge is 0.250 e. The lowest BCUT2D eigenvalue weighted by molar-refractivity contribution is -0.130. The van der Waals surface area contributed by atoms with Gasteiger partial charge in [-0.25, -0.2) is 13.8 Å². The van der Waals surface area contributed by atoms with E-state index in [9.17, 15) is 13.6 Å². The zero-order valence-corrected chi connectivity index (χ0v) is 18.6. The molecule has 0 N–H and O–H groups in total. The molecule has 33 heavy (non-hydrogen) atoms. The second-order valence-corrected chi connectivity index (χ2v) is 8.71. The summed E-state index contributed by atoms with van der Waals surface area (Å²) in [6, 6.07) is 9.60. The molecule has 5 rings (SSSR count). The number of hydrogen-bond acceptors (Lipinski definition) is 3. The number of methoxy groups -OCH3 is 1. The van der Waals surface area contributed by atoms with Gasteiger partial charge in [0.25, 0.3) is 5.91 Å². The van der Waals surface area contributed by atoms with E-state index in [2.05, 4.69) is 4.98 Å². The normalized spacial score (nSPS) is 21.5. The minimum Gasteiger partial charge on any atom is -0.495 e. The van der Waals surface area contributed by atoms with Crippen LogP contribution in [-0.2, 0) is 4.79 Å². The van der Waals surface area contributed by atoms with Crippen LogP contribution < -0.4 is 4.74 Å². The fourth-order valence-corrected chi connectivity index (χ4v) is 5.01. The molecule has 3 heterocycles. The van der Waals surface area contributed by atoms with E-state index >= 15 is 0 Å². The maximum atomic E-state index is 13.9. The van der Waals surface area contributed by atoms with E-state index in [-0.39, 0.29) is 18.0 Å². The zero-order chi connectivity index (χ0) is 23.1. The Morgan fingerprint density at radius 3 is 2.70 bits per heavy atom. The standard InChI is InChI=1S/C26H25F2N3O2/c1-16-14-30(15-29-16)24-9-6-17(11-25(24)33-2)10-19-12-20-4-3-5-23(31(20)26(19)32)18-7-8-21(27)22(28)13-18/h6-11,13-15,20,23H,3-5,12H2,1-2H3/t20-,23-/m1/s1. The summed E-state index contributed by atoms with van der Waals surface area (Å²) in [5.74, 6) is -1.10. The highest BCUT2D eigenvalue weighted by atomic mass is 19.2. The molecule has 2 saturated heterocycles. The molecular formula is C26H25F2N3O2. The van der Waals surface area contributed by atoms with Crippen LogP contribution in [0.2, 0.25) is 0 Å². The van der Waals surface area contributed by atoms with Crippen molar-refractivity contribution in [3.05, 3.63) is 83.0 Å². The average Bonchev–Trinajstić information content (AvgIpc) is 3.38. The molecule has 170 valence electrons. The number of aryl methyl sites for hydroxylation is 1. The molecule has 1 aromatic heterocycles. The number of imidazole rings is 1. The van der Waals surface area contributed by atoms with Crippen molar-refractivity contribution in [2.45, 2.75) is 44.7 Å². The first kappa shape index (κ1) is 21.4. The monoisotopic (exact) mass is 449 g/mol. The number of ether oxygens (including phenoxy) is 1. The van der Waals surface area contributed by atoms with Crippen molar-refractivity contribution < 1.29 is 18.3 Å². The first-order valence-electron chi connectivity index (χ1n) is 11.1. The molecule has 0 unspecified atom stereocenters. The number of aromatic nitrogens is 2. The molecule has 7 heteroatoms. The van der Waals surface area contributed by atoms with Crippen LogP contribution in [0.25, 0.3) is 11.8 Å². The van der Waals surface area contributed by atoms with Gasteiger partial charge in [-0.1, -0.05) is 12.1 Å². The van der Waals surface area contributed by atoms with Crippen LogP contribution in [0.15, 0.2) is 54.5 Å². The molecule has 2 aliphatic rings. The highest BCUT2D eigenvalue weighted by molar-refractivity contribution is 6.00. The van der Waals surface area contributed by atoms with Crippen molar-refractivity contribution in [3.63, 3.8) is 0 Å². The minimum absolute atomic E-state index is 0.0392. The fraction of sp³-hybridized carbons (Fsp3) is 0.308. The topological polar surface area (TPSA) is 47.4 Å². The van der Waals surface area contributed by atoms with Gasteiger partial charge in [-0.05, 0) is 74.1 Å². The molecule has 5 nitrogen and oxygen atoms in total. The van der Waals surface area contributed by atoms with Crippen LogP contribution in [0.5, 0.6) is 5.75 Å². The third-order valence-corrected chi connectivity index (χ3v) is 6.57. The zero-order valence-electron chi connectivity index (χ0n) is 18.6. The lowest BCUT2D eigenvalue weighted by Gasteiger charge is -2.37. The van der Waals surface area contributed by atoms with Gasteiger partial charge in [0.2, 0.25) is 0 Å². The molecule has 2 atom stereocenters. The highest BCUT2D eigenvalue weighted by Gasteiger charge is 2.42. The SMILES string of the molecule is COc1cc(C=C2C[C@H]3CCC[C@H](c4ccc(F)c(F)c4)N3C2=O)ccc1-n1cnc(C)c1. The van der Waals surface area contributed by atoms with Crippen molar-refractivity contribution in [3.8, 4) is 11.4 Å².